The minimum absolute atomic E-state index is 0.0634. The van der Waals surface area contributed by atoms with Gasteiger partial charge in [0.05, 0.1) is 0 Å². The molecule has 0 atom stereocenters. The first-order valence-electron chi connectivity index (χ1n) is 5.24. The van der Waals surface area contributed by atoms with Gasteiger partial charge in [0.15, 0.2) is 11.6 Å². The van der Waals surface area contributed by atoms with Crippen molar-refractivity contribution in [1.29, 1.82) is 0 Å². The summed E-state index contributed by atoms with van der Waals surface area (Å²) in [5.74, 6) is -3.64. The van der Waals surface area contributed by atoms with Crippen LogP contribution in [0.25, 0.3) is 0 Å². The van der Waals surface area contributed by atoms with E-state index >= 15 is 0 Å². The zero-order valence-corrected chi connectivity index (χ0v) is 9.50. The number of carbonyl (C=O) groups excluding carboxylic acids is 2. The van der Waals surface area contributed by atoms with Crippen LogP contribution in [0, 0.1) is 11.6 Å². The minimum Gasteiger partial charge on any atom is -0.347 e. The molecule has 0 saturated heterocycles. The maximum absolute atomic E-state index is 12.8. The maximum atomic E-state index is 12.8. The van der Waals surface area contributed by atoms with Crippen LogP contribution in [0.3, 0.4) is 0 Å². The van der Waals surface area contributed by atoms with Gasteiger partial charge in [-0.05, 0) is 17.7 Å². The zero-order chi connectivity index (χ0) is 13.5. The number of benzene rings is 1. The SMILES string of the molecule is NCCNC(=O)C(=O)NCc1ccc(F)c(F)c1. The van der Waals surface area contributed by atoms with Crippen molar-refractivity contribution >= 4 is 11.8 Å². The summed E-state index contributed by atoms with van der Waals surface area (Å²) in [6.07, 6.45) is 0. The van der Waals surface area contributed by atoms with E-state index in [-0.39, 0.29) is 19.6 Å². The molecule has 0 spiro atoms. The highest BCUT2D eigenvalue weighted by Gasteiger charge is 2.12. The Morgan fingerprint density at radius 2 is 1.78 bits per heavy atom. The van der Waals surface area contributed by atoms with Crippen molar-refractivity contribution in [2.45, 2.75) is 6.54 Å². The summed E-state index contributed by atoms with van der Waals surface area (Å²) in [4.78, 5) is 22.4. The summed E-state index contributed by atoms with van der Waals surface area (Å²) < 4.78 is 25.5. The Morgan fingerprint density at radius 3 is 2.39 bits per heavy atom. The summed E-state index contributed by atoms with van der Waals surface area (Å²) in [7, 11) is 0. The highest BCUT2D eigenvalue weighted by molar-refractivity contribution is 6.35. The third kappa shape index (κ3) is 4.10. The molecule has 1 rings (SSSR count). The molecule has 5 nitrogen and oxygen atoms in total. The molecule has 0 fully saturated rings. The number of carbonyl (C=O) groups is 2. The van der Waals surface area contributed by atoms with Crippen LogP contribution in [0.2, 0.25) is 0 Å². The van der Waals surface area contributed by atoms with Gasteiger partial charge in [0.1, 0.15) is 0 Å². The van der Waals surface area contributed by atoms with Gasteiger partial charge in [-0.15, -0.1) is 0 Å². The fraction of sp³-hybridized carbons (Fsp3) is 0.273. The Kier molecular flexibility index (Phi) is 5.19. The average Bonchev–Trinajstić information content (AvgIpc) is 2.36. The number of rotatable bonds is 4. The second-order valence-electron chi connectivity index (χ2n) is 3.48. The lowest BCUT2D eigenvalue weighted by Gasteiger charge is -2.06. The number of hydrogen-bond acceptors (Lipinski definition) is 3. The molecule has 0 unspecified atom stereocenters. The molecule has 7 heteroatoms. The molecule has 2 amide bonds. The summed E-state index contributed by atoms with van der Waals surface area (Å²) in [5.41, 5.74) is 5.50. The van der Waals surface area contributed by atoms with Crippen molar-refractivity contribution < 1.29 is 18.4 Å². The second kappa shape index (κ2) is 6.65. The van der Waals surface area contributed by atoms with Crippen molar-refractivity contribution in [2.75, 3.05) is 13.1 Å². The highest BCUT2D eigenvalue weighted by atomic mass is 19.2. The van der Waals surface area contributed by atoms with Gasteiger partial charge in [-0.1, -0.05) is 6.07 Å². The van der Waals surface area contributed by atoms with Gasteiger partial charge in [0.25, 0.3) is 0 Å². The van der Waals surface area contributed by atoms with Crippen molar-refractivity contribution in [3.05, 3.63) is 35.4 Å². The Balaban J connectivity index is 2.47. The molecule has 0 radical (unpaired) electrons. The number of hydrogen-bond donors (Lipinski definition) is 3. The van der Waals surface area contributed by atoms with Crippen LogP contribution in [0.1, 0.15) is 5.56 Å². The fourth-order valence-corrected chi connectivity index (χ4v) is 1.18. The molecule has 0 aromatic heterocycles. The fourth-order valence-electron chi connectivity index (χ4n) is 1.18. The highest BCUT2D eigenvalue weighted by Crippen LogP contribution is 2.08. The Labute approximate surface area is 102 Å². The predicted octanol–water partition coefficient (Wildman–Crippen LogP) is -0.344. The zero-order valence-electron chi connectivity index (χ0n) is 9.50. The Bertz CT molecular complexity index is 452. The van der Waals surface area contributed by atoms with Gasteiger partial charge in [-0.2, -0.15) is 0 Å². The standard InChI is InChI=1S/C11H13F2N3O2/c12-8-2-1-7(5-9(8)13)6-16-11(18)10(17)15-4-3-14/h1-2,5H,3-4,6,14H2,(H,15,17)(H,16,18). The molecule has 1 aromatic rings. The van der Waals surface area contributed by atoms with E-state index < -0.39 is 23.4 Å². The molecular weight excluding hydrogens is 244 g/mol. The first-order chi connectivity index (χ1) is 8.54. The van der Waals surface area contributed by atoms with E-state index in [1.807, 2.05) is 0 Å². The lowest BCUT2D eigenvalue weighted by molar-refractivity contribution is -0.139. The molecule has 4 N–H and O–H groups in total. The lowest BCUT2D eigenvalue weighted by Crippen LogP contribution is -2.41. The first-order valence-corrected chi connectivity index (χ1v) is 5.24. The quantitative estimate of drug-likeness (QED) is 0.645. The molecule has 0 aliphatic rings. The number of halogens is 2. The summed E-state index contributed by atoms with van der Waals surface area (Å²) in [5, 5.41) is 4.55. The largest absolute Gasteiger partial charge is 0.347 e. The number of amides is 2. The monoisotopic (exact) mass is 257 g/mol. The van der Waals surface area contributed by atoms with Crippen LogP contribution in [-0.4, -0.2) is 24.9 Å². The van der Waals surface area contributed by atoms with Crippen molar-refractivity contribution in [2.24, 2.45) is 5.73 Å². The van der Waals surface area contributed by atoms with E-state index in [9.17, 15) is 18.4 Å². The lowest BCUT2D eigenvalue weighted by atomic mass is 10.2. The van der Waals surface area contributed by atoms with Crippen LogP contribution in [0.15, 0.2) is 18.2 Å². The molecule has 0 aliphatic heterocycles. The van der Waals surface area contributed by atoms with Crippen molar-refractivity contribution in [1.82, 2.24) is 10.6 Å². The Morgan fingerprint density at radius 1 is 1.11 bits per heavy atom. The van der Waals surface area contributed by atoms with E-state index in [2.05, 4.69) is 10.6 Å². The van der Waals surface area contributed by atoms with E-state index in [1.165, 1.54) is 6.07 Å². The second-order valence-corrected chi connectivity index (χ2v) is 3.48. The van der Waals surface area contributed by atoms with E-state index in [0.717, 1.165) is 12.1 Å². The molecular formula is C11H13F2N3O2. The van der Waals surface area contributed by atoms with Gasteiger partial charge in [0, 0.05) is 19.6 Å². The van der Waals surface area contributed by atoms with E-state index in [0.29, 0.717) is 5.56 Å². The van der Waals surface area contributed by atoms with Gasteiger partial charge in [-0.25, -0.2) is 8.78 Å². The Hall–Kier alpha value is -2.02. The van der Waals surface area contributed by atoms with E-state index in [1.54, 1.807) is 0 Å². The normalized spacial score (nSPS) is 9.94. The van der Waals surface area contributed by atoms with Crippen LogP contribution in [-0.2, 0) is 16.1 Å². The maximum Gasteiger partial charge on any atom is 0.309 e. The van der Waals surface area contributed by atoms with Crippen molar-refractivity contribution in [3.8, 4) is 0 Å². The van der Waals surface area contributed by atoms with Crippen LogP contribution in [0.4, 0.5) is 8.78 Å². The number of nitrogens with one attached hydrogen (secondary N) is 2. The third-order valence-electron chi connectivity index (χ3n) is 2.07. The van der Waals surface area contributed by atoms with Crippen molar-refractivity contribution in [3.63, 3.8) is 0 Å². The average molecular weight is 257 g/mol. The predicted molar refractivity (Wildman–Crippen MR) is 60.3 cm³/mol. The van der Waals surface area contributed by atoms with Crippen LogP contribution < -0.4 is 16.4 Å². The van der Waals surface area contributed by atoms with Crippen LogP contribution >= 0.6 is 0 Å². The molecule has 0 heterocycles. The number of nitrogens with two attached hydrogens (primary N) is 1. The van der Waals surface area contributed by atoms with Gasteiger partial charge in [-0.3, -0.25) is 9.59 Å². The molecule has 0 saturated carbocycles. The molecule has 98 valence electrons. The van der Waals surface area contributed by atoms with Gasteiger partial charge < -0.3 is 16.4 Å². The summed E-state index contributed by atoms with van der Waals surface area (Å²) in [6.45, 7) is 0.353. The van der Waals surface area contributed by atoms with Gasteiger partial charge in [0.2, 0.25) is 0 Å². The topological polar surface area (TPSA) is 84.2 Å². The molecule has 18 heavy (non-hydrogen) atoms. The van der Waals surface area contributed by atoms with Gasteiger partial charge >= 0.3 is 11.8 Å². The molecule has 1 aromatic carbocycles. The van der Waals surface area contributed by atoms with Crippen LogP contribution in [0.5, 0.6) is 0 Å². The summed E-state index contributed by atoms with van der Waals surface area (Å²) >= 11 is 0. The molecule has 0 aliphatic carbocycles. The summed E-state index contributed by atoms with van der Waals surface area (Å²) in [6, 6.07) is 3.22. The molecule has 0 bridgehead atoms. The first kappa shape index (κ1) is 14.0. The minimum atomic E-state index is -1.01. The smallest absolute Gasteiger partial charge is 0.309 e. The van der Waals surface area contributed by atoms with E-state index in [4.69, 9.17) is 5.73 Å². The third-order valence-corrected chi connectivity index (χ3v) is 2.07.